The number of carboxylic acid groups (broad SMARTS) is 1. The van der Waals surface area contributed by atoms with E-state index in [4.69, 9.17) is 16.0 Å². The number of carbonyl (C=O) groups is 1. The van der Waals surface area contributed by atoms with E-state index in [1.165, 1.54) is 23.0 Å². The molecule has 0 saturated carbocycles. The lowest BCUT2D eigenvalue weighted by molar-refractivity contribution is -0.132. The number of para-hydroxylation sites is 1. The molecule has 0 unspecified atom stereocenters. The van der Waals surface area contributed by atoms with Gasteiger partial charge in [0.2, 0.25) is 0 Å². The van der Waals surface area contributed by atoms with Crippen LogP contribution in [0.3, 0.4) is 0 Å². The smallest absolute Gasteiger partial charge is 0.333 e. The third-order valence-electron chi connectivity index (χ3n) is 7.32. The van der Waals surface area contributed by atoms with Crippen LogP contribution in [0.2, 0.25) is 0 Å². The molecule has 1 aliphatic heterocycles. The molecule has 1 aliphatic rings. The second kappa shape index (κ2) is 11.0. The van der Waals surface area contributed by atoms with Crippen molar-refractivity contribution in [3.63, 3.8) is 0 Å². The summed E-state index contributed by atoms with van der Waals surface area (Å²) in [7, 11) is 0. The summed E-state index contributed by atoms with van der Waals surface area (Å²) in [5, 5.41) is 10.6. The molecule has 3 aromatic carbocycles. The zero-order chi connectivity index (χ0) is 29.5. The van der Waals surface area contributed by atoms with E-state index in [9.17, 15) is 9.90 Å². The molecule has 0 bridgehead atoms. The Labute approximate surface area is 256 Å². The molecular formula is C35H24N2O4S2. The first-order chi connectivity index (χ1) is 21.0. The predicted octanol–water partition coefficient (Wildman–Crippen LogP) is 9.18. The molecule has 0 spiro atoms. The molecule has 0 fully saturated rings. The molecule has 4 heterocycles. The van der Waals surface area contributed by atoms with Crippen LogP contribution in [0.1, 0.15) is 10.4 Å². The summed E-state index contributed by atoms with van der Waals surface area (Å²) in [6.07, 6.45) is 1.37. The minimum atomic E-state index is -1.27. The Morgan fingerprint density at radius 2 is 1.58 bits per heavy atom. The number of carboxylic acids is 1. The van der Waals surface area contributed by atoms with Gasteiger partial charge in [-0.1, -0.05) is 66.2 Å². The van der Waals surface area contributed by atoms with Crippen LogP contribution < -0.4 is 9.47 Å². The summed E-state index contributed by atoms with van der Waals surface area (Å²) in [6.45, 7) is 10.1. The van der Waals surface area contributed by atoms with E-state index in [1.807, 2.05) is 6.07 Å². The Hall–Kier alpha value is -5.10. The Bertz CT molecular complexity index is 2080. The van der Waals surface area contributed by atoms with Gasteiger partial charge in [-0.3, -0.25) is 4.79 Å². The van der Waals surface area contributed by atoms with Gasteiger partial charge in [0, 0.05) is 26.4 Å². The van der Waals surface area contributed by atoms with E-state index in [0.717, 1.165) is 48.0 Å². The minimum absolute atomic E-state index is 0.360. The summed E-state index contributed by atoms with van der Waals surface area (Å²) in [5.74, 6) is -0.187. The molecule has 1 N–H and O–H groups in total. The lowest BCUT2D eigenvalue weighted by Crippen LogP contribution is -2.14. The zero-order valence-corrected chi connectivity index (χ0v) is 24.7. The second-order valence-corrected chi connectivity index (χ2v) is 12.2. The van der Waals surface area contributed by atoms with E-state index in [2.05, 4.69) is 101 Å². The monoisotopic (exact) mass is 600 g/mol. The van der Waals surface area contributed by atoms with Crippen LogP contribution in [0.4, 0.5) is 0 Å². The van der Waals surface area contributed by atoms with Crippen molar-refractivity contribution in [2.24, 2.45) is 0 Å². The first-order valence-electron chi connectivity index (χ1n) is 13.6. The van der Waals surface area contributed by atoms with Gasteiger partial charge < -0.3 is 19.1 Å². The molecule has 0 atom stereocenters. The number of nitrogens with zero attached hydrogens (tertiary/aromatic N) is 2. The molecule has 0 radical (unpaired) electrons. The number of ether oxygens (including phenoxy) is 2. The van der Waals surface area contributed by atoms with Crippen LogP contribution in [-0.2, 0) is 4.79 Å². The van der Waals surface area contributed by atoms with Crippen LogP contribution in [0.5, 0.6) is 11.5 Å². The Morgan fingerprint density at radius 1 is 0.884 bits per heavy atom. The number of thiophene rings is 2. The fourth-order valence-corrected chi connectivity index (χ4v) is 7.71. The average molecular weight is 601 g/mol. The van der Waals surface area contributed by atoms with E-state index < -0.39 is 5.97 Å². The van der Waals surface area contributed by atoms with Gasteiger partial charge >= 0.3 is 5.97 Å². The second-order valence-electron chi connectivity index (χ2n) is 10.0. The first-order valence-corrected chi connectivity index (χ1v) is 15.3. The molecular weight excluding hydrogens is 577 g/mol. The Balaban J connectivity index is 1.44. The predicted molar refractivity (Wildman–Crippen MR) is 173 cm³/mol. The zero-order valence-electron chi connectivity index (χ0n) is 23.0. The average Bonchev–Trinajstić information content (AvgIpc) is 3.75. The topological polar surface area (TPSA) is 65.0 Å². The van der Waals surface area contributed by atoms with Gasteiger partial charge in [-0.15, -0.1) is 22.7 Å². The largest absolute Gasteiger partial charge is 0.486 e. The van der Waals surface area contributed by atoms with Gasteiger partial charge in [0.05, 0.1) is 27.5 Å². The summed E-state index contributed by atoms with van der Waals surface area (Å²) in [5.41, 5.74) is 6.41. The Morgan fingerprint density at radius 3 is 2.33 bits per heavy atom. The number of hydrogen-bond acceptors (Lipinski definition) is 5. The van der Waals surface area contributed by atoms with E-state index in [1.54, 1.807) is 11.3 Å². The number of aryl methyl sites for hydroxylation is 1. The van der Waals surface area contributed by atoms with Gasteiger partial charge in [-0.05, 0) is 48.9 Å². The summed E-state index contributed by atoms with van der Waals surface area (Å²) < 4.78 is 14.3. The maximum Gasteiger partial charge on any atom is 0.333 e. The molecule has 3 aromatic heterocycles. The summed E-state index contributed by atoms with van der Waals surface area (Å²) in [6, 6.07) is 31.8. The molecule has 210 valence electrons. The van der Waals surface area contributed by atoms with E-state index in [-0.39, 0.29) is 5.70 Å². The highest BCUT2D eigenvalue weighted by atomic mass is 32.1. The number of aliphatic carboxylic acids is 1. The van der Waals surface area contributed by atoms with Crippen molar-refractivity contribution < 1.29 is 19.4 Å². The van der Waals surface area contributed by atoms with E-state index in [0.29, 0.717) is 29.6 Å². The van der Waals surface area contributed by atoms with Crippen LogP contribution >= 0.6 is 22.7 Å². The molecule has 6 aromatic rings. The molecule has 0 amide bonds. The Kier molecular flexibility index (Phi) is 6.82. The number of rotatable bonds is 6. The van der Waals surface area contributed by atoms with Crippen molar-refractivity contribution in [1.29, 1.82) is 0 Å². The molecule has 43 heavy (non-hydrogen) atoms. The quantitative estimate of drug-likeness (QED) is 0.153. The van der Waals surface area contributed by atoms with Gasteiger partial charge in [0.1, 0.15) is 13.2 Å². The van der Waals surface area contributed by atoms with Crippen molar-refractivity contribution in [2.75, 3.05) is 13.2 Å². The summed E-state index contributed by atoms with van der Waals surface area (Å²) >= 11 is 3.03. The standard InChI is InChI=1S/C35H24N2O4S2/c1-21-12-14-23(15-13-21)37-26-11-7-6-10-24(26)30(31(37)22-8-4-3-5-9-22)27-16-17-28(42-27)34-33-32(40-18-19-41-33)29(43-34)20-25(36-2)35(38)39/h3-17,20H,18-19H2,1H3,(H,38,39)/b25-20-. The van der Waals surface area contributed by atoms with Crippen molar-refractivity contribution in [3.05, 3.63) is 119 Å². The highest BCUT2D eigenvalue weighted by Crippen LogP contribution is 2.53. The molecule has 7 rings (SSSR count). The normalized spacial score (nSPS) is 12.8. The highest BCUT2D eigenvalue weighted by Gasteiger charge is 2.28. The molecule has 0 aliphatic carbocycles. The summed E-state index contributed by atoms with van der Waals surface area (Å²) in [4.78, 5) is 18.2. The van der Waals surface area contributed by atoms with Crippen LogP contribution in [0.25, 0.3) is 59.0 Å². The maximum absolute atomic E-state index is 11.6. The maximum atomic E-state index is 11.6. The van der Waals surface area contributed by atoms with Crippen molar-refractivity contribution >= 4 is 45.6 Å². The first kappa shape index (κ1) is 26.8. The van der Waals surface area contributed by atoms with Gasteiger partial charge in [0.25, 0.3) is 5.70 Å². The fraction of sp³-hybridized carbons (Fsp3) is 0.0857. The van der Waals surface area contributed by atoms with Crippen molar-refractivity contribution in [3.8, 4) is 48.6 Å². The number of aromatic nitrogens is 1. The van der Waals surface area contributed by atoms with Crippen LogP contribution in [-0.4, -0.2) is 28.9 Å². The lowest BCUT2D eigenvalue weighted by Gasteiger charge is -2.16. The van der Waals surface area contributed by atoms with Gasteiger partial charge in [0.15, 0.2) is 11.5 Å². The minimum Gasteiger partial charge on any atom is -0.486 e. The van der Waals surface area contributed by atoms with Crippen molar-refractivity contribution in [2.45, 2.75) is 6.92 Å². The highest BCUT2D eigenvalue weighted by molar-refractivity contribution is 7.24. The molecule has 6 nitrogen and oxygen atoms in total. The van der Waals surface area contributed by atoms with Gasteiger partial charge in [-0.25, -0.2) is 4.85 Å². The molecule has 8 heteroatoms. The SMILES string of the molecule is [C-]#[N+]/C(=C\c1sc(-c2ccc(-c3c(-c4ccccc4)n(-c4ccc(C)cc4)c4ccccc34)s2)c2c1OCCO2)C(=O)O. The number of benzene rings is 3. The lowest BCUT2D eigenvalue weighted by atomic mass is 10.0. The third kappa shape index (κ3) is 4.69. The van der Waals surface area contributed by atoms with Crippen LogP contribution in [0.15, 0.2) is 96.7 Å². The number of hydrogen-bond donors (Lipinski definition) is 1. The van der Waals surface area contributed by atoms with Gasteiger partial charge in [-0.2, -0.15) is 0 Å². The van der Waals surface area contributed by atoms with E-state index >= 15 is 0 Å². The number of fused-ring (bicyclic) bond motifs is 2. The fourth-order valence-electron chi connectivity index (χ4n) is 5.41. The molecule has 0 saturated heterocycles. The van der Waals surface area contributed by atoms with Crippen LogP contribution in [0, 0.1) is 13.5 Å². The third-order valence-corrected chi connectivity index (χ3v) is 9.70. The van der Waals surface area contributed by atoms with Crippen molar-refractivity contribution in [1.82, 2.24) is 4.57 Å².